The highest BCUT2D eigenvalue weighted by Gasteiger charge is 2.18. The lowest BCUT2D eigenvalue weighted by Crippen LogP contribution is -2.02. The first kappa shape index (κ1) is 14.3. The van der Waals surface area contributed by atoms with E-state index >= 15 is 0 Å². The fourth-order valence-corrected chi connectivity index (χ4v) is 1.73. The quantitative estimate of drug-likeness (QED) is 0.519. The minimum Gasteiger partial charge on any atom is -0.332 e. The Kier molecular flexibility index (Phi) is 3.89. The first-order valence-corrected chi connectivity index (χ1v) is 5.89. The second-order valence-corrected chi connectivity index (χ2v) is 4.57. The van der Waals surface area contributed by atoms with Crippen molar-refractivity contribution in [1.29, 1.82) is 0 Å². The normalized spacial score (nSPS) is 10.4. The van der Waals surface area contributed by atoms with Gasteiger partial charge in [-0.3, -0.25) is 10.1 Å². The average molecular weight is 348 g/mol. The van der Waals surface area contributed by atoms with Crippen LogP contribution in [0.5, 0.6) is 0 Å². The summed E-state index contributed by atoms with van der Waals surface area (Å²) in [5.74, 6) is -4.02. The number of rotatable bonds is 3. The number of aromatic nitrogens is 1. The Morgan fingerprint density at radius 2 is 1.80 bits per heavy atom. The molecule has 1 heterocycles. The van der Waals surface area contributed by atoms with Crippen LogP contribution in [0.3, 0.4) is 0 Å². The smallest absolute Gasteiger partial charge is 0.312 e. The van der Waals surface area contributed by atoms with E-state index in [0.717, 1.165) is 6.07 Å². The van der Waals surface area contributed by atoms with Crippen LogP contribution in [0.4, 0.5) is 30.4 Å². The van der Waals surface area contributed by atoms with Crippen LogP contribution in [-0.2, 0) is 0 Å². The van der Waals surface area contributed by atoms with Crippen LogP contribution in [0.2, 0.25) is 0 Å². The van der Waals surface area contributed by atoms with Crippen molar-refractivity contribution in [2.24, 2.45) is 0 Å². The summed E-state index contributed by atoms with van der Waals surface area (Å²) in [7, 11) is 0. The third-order valence-corrected chi connectivity index (χ3v) is 2.73. The molecular weight excluding hydrogens is 343 g/mol. The lowest BCUT2D eigenvalue weighted by Gasteiger charge is -2.08. The van der Waals surface area contributed by atoms with Crippen molar-refractivity contribution < 1.29 is 18.1 Å². The molecule has 0 aliphatic rings. The second kappa shape index (κ2) is 5.45. The maximum Gasteiger partial charge on any atom is 0.312 e. The zero-order valence-electron chi connectivity index (χ0n) is 9.53. The van der Waals surface area contributed by atoms with Crippen LogP contribution in [0.15, 0.2) is 28.9 Å². The molecule has 0 amide bonds. The van der Waals surface area contributed by atoms with Crippen LogP contribution in [0.1, 0.15) is 0 Å². The van der Waals surface area contributed by atoms with Crippen molar-refractivity contribution in [1.82, 2.24) is 4.98 Å². The van der Waals surface area contributed by atoms with Gasteiger partial charge >= 0.3 is 5.69 Å². The van der Waals surface area contributed by atoms with Gasteiger partial charge in [-0.15, -0.1) is 0 Å². The molecular formula is C11H5BrF3N3O2. The number of benzene rings is 1. The van der Waals surface area contributed by atoms with E-state index in [4.69, 9.17) is 0 Å². The van der Waals surface area contributed by atoms with Gasteiger partial charge in [-0.25, -0.2) is 18.2 Å². The van der Waals surface area contributed by atoms with Crippen molar-refractivity contribution in [3.8, 4) is 0 Å². The molecule has 0 saturated carbocycles. The second-order valence-electron chi connectivity index (χ2n) is 3.65. The molecule has 2 rings (SSSR count). The SMILES string of the molecule is O=[N+]([O-])c1cc(Br)cnc1Nc1cc(F)c(F)cc1F. The van der Waals surface area contributed by atoms with Crippen LogP contribution < -0.4 is 5.32 Å². The van der Waals surface area contributed by atoms with Crippen molar-refractivity contribution in [2.45, 2.75) is 0 Å². The monoisotopic (exact) mass is 347 g/mol. The lowest BCUT2D eigenvalue weighted by molar-refractivity contribution is -0.384. The van der Waals surface area contributed by atoms with Crippen molar-refractivity contribution >= 4 is 33.1 Å². The first-order valence-electron chi connectivity index (χ1n) is 5.10. The van der Waals surface area contributed by atoms with Crippen molar-refractivity contribution in [2.75, 3.05) is 5.32 Å². The van der Waals surface area contributed by atoms with Gasteiger partial charge < -0.3 is 5.32 Å². The number of halogens is 4. The first-order chi connectivity index (χ1) is 9.38. The summed E-state index contributed by atoms with van der Waals surface area (Å²) in [6.45, 7) is 0. The van der Waals surface area contributed by atoms with Crippen LogP contribution in [-0.4, -0.2) is 9.91 Å². The summed E-state index contributed by atoms with van der Waals surface area (Å²) in [6.07, 6.45) is 1.24. The van der Waals surface area contributed by atoms with E-state index in [0.29, 0.717) is 16.6 Å². The topological polar surface area (TPSA) is 68.1 Å². The van der Waals surface area contributed by atoms with E-state index in [1.807, 2.05) is 0 Å². The van der Waals surface area contributed by atoms with Gasteiger partial charge in [0.2, 0.25) is 5.82 Å². The molecule has 2 aromatic rings. The Morgan fingerprint density at radius 1 is 1.15 bits per heavy atom. The zero-order chi connectivity index (χ0) is 14.9. The summed E-state index contributed by atoms with van der Waals surface area (Å²) >= 11 is 3.01. The zero-order valence-corrected chi connectivity index (χ0v) is 11.1. The number of nitro groups is 1. The predicted octanol–water partition coefficient (Wildman–Crippen LogP) is 3.91. The Morgan fingerprint density at radius 3 is 2.45 bits per heavy atom. The van der Waals surface area contributed by atoms with Gasteiger partial charge in [0.15, 0.2) is 11.6 Å². The molecule has 0 aliphatic heterocycles. The molecule has 20 heavy (non-hydrogen) atoms. The molecule has 1 aromatic carbocycles. The van der Waals surface area contributed by atoms with E-state index in [9.17, 15) is 23.3 Å². The molecule has 0 fully saturated rings. The molecule has 104 valence electrons. The van der Waals surface area contributed by atoms with Gasteiger partial charge in [-0.05, 0) is 15.9 Å². The van der Waals surface area contributed by atoms with E-state index in [2.05, 4.69) is 26.2 Å². The standard InChI is InChI=1S/C11H5BrF3N3O2/c12-5-1-10(18(19)20)11(16-4-5)17-9-3-7(14)6(13)2-8(9)15/h1-4H,(H,16,17). The molecule has 0 atom stereocenters. The highest BCUT2D eigenvalue weighted by molar-refractivity contribution is 9.10. The third kappa shape index (κ3) is 2.87. The summed E-state index contributed by atoms with van der Waals surface area (Å²) in [4.78, 5) is 13.8. The molecule has 5 nitrogen and oxygen atoms in total. The molecule has 0 unspecified atom stereocenters. The lowest BCUT2D eigenvalue weighted by atomic mass is 10.2. The Bertz CT molecular complexity index is 697. The summed E-state index contributed by atoms with van der Waals surface area (Å²) in [5.41, 5.74) is -0.898. The number of hydrogen-bond donors (Lipinski definition) is 1. The third-order valence-electron chi connectivity index (χ3n) is 2.29. The van der Waals surface area contributed by atoms with Crippen LogP contribution >= 0.6 is 15.9 Å². The Hall–Kier alpha value is -2.16. The summed E-state index contributed by atoms with van der Waals surface area (Å²) in [6, 6.07) is 2.04. The van der Waals surface area contributed by atoms with Gasteiger partial charge in [0.05, 0.1) is 10.6 Å². The highest BCUT2D eigenvalue weighted by Crippen LogP contribution is 2.29. The Balaban J connectivity index is 2.45. The number of anilines is 2. The van der Waals surface area contributed by atoms with Crippen molar-refractivity contribution in [3.63, 3.8) is 0 Å². The maximum absolute atomic E-state index is 13.5. The van der Waals surface area contributed by atoms with Gasteiger partial charge in [0, 0.05) is 28.9 Å². The number of hydrogen-bond acceptors (Lipinski definition) is 4. The van der Waals surface area contributed by atoms with E-state index in [-0.39, 0.29) is 5.82 Å². The molecule has 0 saturated heterocycles. The minimum atomic E-state index is -1.36. The van der Waals surface area contributed by atoms with Gasteiger partial charge in [-0.1, -0.05) is 0 Å². The summed E-state index contributed by atoms with van der Waals surface area (Å²) in [5, 5.41) is 13.1. The van der Waals surface area contributed by atoms with E-state index in [1.165, 1.54) is 6.20 Å². The fraction of sp³-hybridized carbons (Fsp3) is 0. The van der Waals surface area contributed by atoms with E-state index in [1.54, 1.807) is 0 Å². The summed E-state index contributed by atoms with van der Waals surface area (Å²) < 4.78 is 39.6. The van der Waals surface area contributed by atoms with Gasteiger partial charge in [0.1, 0.15) is 5.82 Å². The molecule has 1 N–H and O–H groups in total. The highest BCUT2D eigenvalue weighted by atomic mass is 79.9. The number of nitrogens with zero attached hydrogens (tertiary/aromatic N) is 2. The Labute approximate surface area is 118 Å². The molecule has 0 radical (unpaired) electrons. The van der Waals surface area contributed by atoms with Gasteiger partial charge in [0.25, 0.3) is 0 Å². The maximum atomic E-state index is 13.5. The molecule has 9 heteroatoms. The fourth-order valence-electron chi connectivity index (χ4n) is 1.41. The number of nitrogens with one attached hydrogen (secondary N) is 1. The molecule has 0 spiro atoms. The molecule has 1 aromatic heterocycles. The minimum absolute atomic E-state index is 0.289. The largest absolute Gasteiger partial charge is 0.332 e. The molecule has 0 bridgehead atoms. The predicted molar refractivity (Wildman–Crippen MR) is 68.2 cm³/mol. The van der Waals surface area contributed by atoms with E-state index < -0.39 is 33.7 Å². The molecule has 0 aliphatic carbocycles. The van der Waals surface area contributed by atoms with Crippen LogP contribution in [0.25, 0.3) is 0 Å². The van der Waals surface area contributed by atoms with Crippen molar-refractivity contribution in [3.05, 3.63) is 56.4 Å². The average Bonchev–Trinajstić information content (AvgIpc) is 2.37. The van der Waals surface area contributed by atoms with Crippen LogP contribution in [0, 0.1) is 27.6 Å². The van der Waals surface area contributed by atoms with Gasteiger partial charge in [-0.2, -0.15) is 0 Å². The number of pyridine rings is 1.